The fraction of sp³-hybridized carbons (Fsp3) is 0.188. The maximum absolute atomic E-state index is 12.5. The standard InChI is InChI=1S/C16H15ClN4O3S/c1-11-5-6-19-15(7-11)20-16(22)10-21(2)25(23,24)13-3-4-14(17)12(8-13)9-18/h3-8H,10H2,1-2H3,(H,19,20,22). The van der Waals surface area contributed by atoms with E-state index in [-0.39, 0.29) is 15.5 Å². The predicted octanol–water partition coefficient (Wildman–Crippen LogP) is 2.17. The lowest BCUT2D eigenvalue weighted by molar-refractivity contribution is -0.116. The second-order valence-electron chi connectivity index (χ2n) is 5.28. The van der Waals surface area contributed by atoms with Crippen molar-refractivity contribution in [2.24, 2.45) is 0 Å². The maximum atomic E-state index is 12.5. The molecule has 9 heteroatoms. The molecule has 25 heavy (non-hydrogen) atoms. The molecule has 0 saturated heterocycles. The van der Waals surface area contributed by atoms with Crippen molar-refractivity contribution < 1.29 is 13.2 Å². The Hall–Kier alpha value is -2.47. The van der Waals surface area contributed by atoms with Crippen LogP contribution in [-0.2, 0) is 14.8 Å². The number of nitriles is 1. The van der Waals surface area contributed by atoms with Crippen LogP contribution < -0.4 is 5.32 Å². The van der Waals surface area contributed by atoms with Gasteiger partial charge in [0.1, 0.15) is 11.9 Å². The highest BCUT2D eigenvalue weighted by atomic mass is 35.5. The Morgan fingerprint density at radius 3 is 2.72 bits per heavy atom. The van der Waals surface area contributed by atoms with Crippen molar-refractivity contribution >= 4 is 33.3 Å². The molecule has 0 atom stereocenters. The highest BCUT2D eigenvalue weighted by molar-refractivity contribution is 7.89. The molecule has 0 aliphatic heterocycles. The van der Waals surface area contributed by atoms with Gasteiger partial charge >= 0.3 is 0 Å². The zero-order chi connectivity index (χ0) is 18.6. The number of benzene rings is 1. The van der Waals surface area contributed by atoms with E-state index in [1.54, 1.807) is 18.3 Å². The molecule has 0 spiro atoms. The van der Waals surface area contributed by atoms with Gasteiger partial charge in [-0.2, -0.15) is 9.57 Å². The second kappa shape index (κ2) is 7.61. The Morgan fingerprint density at radius 1 is 1.36 bits per heavy atom. The molecule has 0 saturated carbocycles. The molecular weight excluding hydrogens is 364 g/mol. The van der Waals surface area contributed by atoms with Crippen molar-refractivity contribution in [3.63, 3.8) is 0 Å². The lowest BCUT2D eigenvalue weighted by Gasteiger charge is -2.17. The highest BCUT2D eigenvalue weighted by Gasteiger charge is 2.24. The molecule has 0 radical (unpaired) electrons. The molecule has 130 valence electrons. The number of sulfonamides is 1. The Balaban J connectivity index is 2.14. The summed E-state index contributed by atoms with van der Waals surface area (Å²) in [6.07, 6.45) is 1.54. The number of aryl methyl sites for hydroxylation is 1. The van der Waals surface area contributed by atoms with Crippen LogP contribution in [0.5, 0.6) is 0 Å². The van der Waals surface area contributed by atoms with Crippen LogP contribution in [0.25, 0.3) is 0 Å². The largest absolute Gasteiger partial charge is 0.310 e. The van der Waals surface area contributed by atoms with Gasteiger partial charge in [-0.1, -0.05) is 11.6 Å². The fourth-order valence-corrected chi connectivity index (χ4v) is 3.32. The average molecular weight is 379 g/mol. The topological polar surface area (TPSA) is 103 Å². The number of hydrogen-bond acceptors (Lipinski definition) is 5. The zero-order valence-corrected chi connectivity index (χ0v) is 15.1. The van der Waals surface area contributed by atoms with Gasteiger partial charge in [0.25, 0.3) is 0 Å². The summed E-state index contributed by atoms with van der Waals surface area (Å²) < 4.78 is 26.0. The van der Waals surface area contributed by atoms with Crippen molar-refractivity contribution in [2.45, 2.75) is 11.8 Å². The van der Waals surface area contributed by atoms with Crippen LogP contribution in [0.4, 0.5) is 5.82 Å². The molecule has 1 aromatic heterocycles. The van der Waals surface area contributed by atoms with Gasteiger partial charge in [0.05, 0.1) is 22.0 Å². The van der Waals surface area contributed by atoms with E-state index in [0.717, 1.165) is 9.87 Å². The summed E-state index contributed by atoms with van der Waals surface area (Å²) >= 11 is 5.81. The van der Waals surface area contributed by atoms with Gasteiger partial charge in [-0.25, -0.2) is 13.4 Å². The lowest BCUT2D eigenvalue weighted by Crippen LogP contribution is -2.35. The Bertz CT molecular complexity index is 954. The van der Waals surface area contributed by atoms with Gasteiger partial charge < -0.3 is 5.32 Å². The van der Waals surface area contributed by atoms with Gasteiger partial charge in [0.2, 0.25) is 15.9 Å². The van der Waals surface area contributed by atoms with E-state index in [4.69, 9.17) is 16.9 Å². The van der Waals surface area contributed by atoms with Crippen molar-refractivity contribution in [1.29, 1.82) is 5.26 Å². The number of carbonyl (C=O) groups excluding carboxylic acids is 1. The summed E-state index contributed by atoms with van der Waals surface area (Å²) in [5.74, 6) is -0.187. The molecule has 2 rings (SSSR count). The molecule has 0 bridgehead atoms. The van der Waals surface area contributed by atoms with E-state index in [1.165, 1.54) is 25.2 Å². The molecule has 2 aromatic rings. The number of nitrogens with zero attached hydrogens (tertiary/aromatic N) is 3. The summed E-state index contributed by atoms with van der Waals surface area (Å²) in [5.41, 5.74) is 0.959. The lowest BCUT2D eigenvalue weighted by atomic mass is 10.2. The van der Waals surface area contributed by atoms with Crippen LogP contribution in [0.3, 0.4) is 0 Å². The van der Waals surface area contributed by atoms with E-state index in [9.17, 15) is 13.2 Å². The minimum atomic E-state index is -3.94. The molecule has 0 fully saturated rings. The Kier molecular flexibility index (Phi) is 5.74. The minimum Gasteiger partial charge on any atom is -0.310 e. The Morgan fingerprint density at radius 2 is 2.08 bits per heavy atom. The molecule has 1 heterocycles. The minimum absolute atomic E-state index is 0.0459. The zero-order valence-electron chi connectivity index (χ0n) is 13.5. The number of anilines is 1. The second-order valence-corrected chi connectivity index (χ2v) is 7.73. The van der Waals surface area contributed by atoms with E-state index in [2.05, 4.69) is 10.3 Å². The van der Waals surface area contributed by atoms with E-state index < -0.39 is 22.5 Å². The normalized spacial score (nSPS) is 11.2. The van der Waals surface area contributed by atoms with E-state index in [0.29, 0.717) is 5.82 Å². The highest BCUT2D eigenvalue weighted by Crippen LogP contribution is 2.21. The number of carbonyl (C=O) groups is 1. The summed E-state index contributed by atoms with van der Waals surface area (Å²) in [6, 6.07) is 9.06. The summed E-state index contributed by atoms with van der Waals surface area (Å²) in [6.45, 7) is 1.45. The first-order valence-corrected chi connectivity index (χ1v) is 8.94. The smallest absolute Gasteiger partial charge is 0.243 e. The number of rotatable bonds is 5. The molecule has 1 aromatic carbocycles. The summed E-state index contributed by atoms with van der Waals surface area (Å²) in [7, 11) is -2.66. The number of aromatic nitrogens is 1. The third kappa shape index (κ3) is 4.54. The number of amides is 1. The van der Waals surface area contributed by atoms with Crippen LogP contribution >= 0.6 is 11.6 Å². The summed E-state index contributed by atoms with van der Waals surface area (Å²) in [5, 5.41) is 11.7. The van der Waals surface area contributed by atoms with Crippen LogP contribution in [0.15, 0.2) is 41.4 Å². The molecule has 1 amide bonds. The monoisotopic (exact) mass is 378 g/mol. The van der Waals surface area contributed by atoms with Gasteiger partial charge in [-0.3, -0.25) is 4.79 Å². The molecular formula is C16H15ClN4O3S. The third-order valence-electron chi connectivity index (χ3n) is 3.32. The maximum Gasteiger partial charge on any atom is 0.243 e. The first-order valence-electron chi connectivity index (χ1n) is 7.12. The van der Waals surface area contributed by atoms with Gasteiger partial charge in [0, 0.05) is 13.2 Å². The van der Waals surface area contributed by atoms with Crippen LogP contribution in [0, 0.1) is 18.3 Å². The van der Waals surface area contributed by atoms with Crippen molar-refractivity contribution in [2.75, 3.05) is 18.9 Å². The van der Waals surface area contributed by atoms with E-state index >= 15 is 0 Å². The third-order valence-corrected chi connectivity index (χ3v) is 5.44. The van der Waals surface area contributed by atoms with Gasteiger partial charge in [0.15, 0.2) is 0 Å². The van der Waals surface area contributed by atoms with Gasteiger partial charge in [-0.15, -0.1) is 0 Å². The molecule has 1 N–H and O–H groups in total. The van der Waals surface area contributed by atoms with Crippen LogP contribution in [-0.4, -0.2) is 37.2 Å². The van der Waals surface area contributed by atoms with Crippen molar-refractivity contribution in [3.8, 4) is 6.07 Å². The van der Waals surface area contributed by atoms with Crippen molar-refractivity contribution in [1.82, 2.24) is 9.29 Å². The number of halogens is 1. The molecule has 0 unspecified atom stereocenters. The molecule has 7 nitrogen and oxygen atoms in total. The first-order chi connectivity index (χ1) is 11.7. The first kappa shape index (κ1) is 18.9. The SMILES string of the molecule is Cc1ccnc(NC(=O)CN(C)S(=O)(=O)c2ccc(Cl)c(C#N)c2)c1. The molecule has 0 aliphatic carbocycles. The summed E-state index contributed by atoms with van der Waals surface area (Å²) in [4.78, 5) is 15.9. The van der Waals surface area contributed by atoms with Crippen LogP contribution in [0.2, 0.25) is 5.02 Å². The Labute approximate surface area is 150 Å². The van der Waals surface area contributed by atoms with Crippen molar-refractivity contribution in [3.05, 3.63) is 52.7 Å². The number of nitrogens with one attached hydrogen (secondary N) is 1. The fourth-order valence-electron chi connectivity index (χ4n) is 2.00. The number of hydrogen-bond donors (Lipinski definition) is 1. The van der Waals surface area contributed by atoms with Gasteiger partial charge in [-0.05, 0) is 42.8 Å². The number of pyridine rings is 1. The quantitative estimate of drug-likeness (QED) is 0.858. The average Bonchev–Trinajstić information content (AvgIpc) is 2.54. The number of likely N-dealkylation sites (N-methyl/N-ethyl adjacent to an activating group) is 1. The molecule has 0 aliphatic rings. The van der Waals surface area contributed by atoms with E-state index in [1.807, 2.05) is 13.0 Å². The van der Waals surface area contributed by atoms with Crippen LogP contribution in [0.1, 0.15) is 11.1 Å². The predicted molar refractivity (Wildman–Crippen MR) is 93.6 cm³/mol.